The lowest BCUT2D eigenvalue weighted by Crippen LogP contribution is -2.46. The average molecular weight is 239 g/mol. The second-order valence-corrected chi connectivity index (χ2v) is 4.03. The van der Waals surface area contributed by atoms with Gasteiger partial charge in [0, 0.05) is 19.6 Å². The molecule has 0 saturated carbocycles. The Bertz CT molecular complexity index is 392. The largest absolute Gasteiger partial charge is 0.465 e. The Balaban J connectivity index is 1.87. The van der Waals surface area contributed by atoms with E-state index in [0.717, 1.165) is 18.9 Å². The third kappa shape index (κ3) is 2.80. The monoisotopic (exact) mass is 239 g/mol. The Morgan fingerprint density at radius 1 is 1.65 bits per heavy atom. The van der Waals surface area contributed by atoms with Crippen molar-refractivity contribution in [2.75, 3.05) is 19.7 Å². The zero-order valence-electron chi connectivity index (χ0n) is 9.87. The summed E-state index contributed by atoms with van der Waals surface area (Å²) in [6.45, 7) is 4.98. The van der Waals surface area contributed by atoms with E-state index in [1.165, 1.54) is 0 Å². The van der Waals surface area contributed by atoms with Gasteiger partial charge in [0.15, 0.2) is 0 Å². The molecule has 0 bridgehead atoms. The number of hydrogen-bond acceptors (Lipinski definition) is 6. The molecule has 94 valence electrons. The molecule has 0 radical (unpaired) electrons. The van der Waals surface area contributed by atoms with E-state index in [0.29, 0.717) is 19.7 Å². The molecule has 1 aliphatic heterocycles. The fourth-order valence-electron chi connectivity index (χ4n) is 1.87. The Kier molecular flexibility index (Phi) is 3.70. The van der Waals surface area contributed by atoms with Crippen molar-refractivity contribution in [3.8, 4) is 0 Å². The minimum absolute atomic E-state index is 0.348. The molecular weight excluding hydrogens is 222 g/mol. The lowest BCUT2D eigenvalue weighted by molar-refractivity contribution is -0.145. The highest BCUT2D eigenvalue weighted by Crippen LogP contribution is 2.09. The number of aromatic nitrogens is 3. The van der Waals surface area contributed by atoms with Crippen molar-refractivity contribution >= 4 is 5.97 Å². The standard InChI is InChI=1S/C10H17N5O2/c1-2-17-10(16)8(11)5-14-3-4-15-7-12-13-9(15)6-14/h7-8H,2-6,11H2,1H3. The minimum atomic E-state index is -0.593. The van der Waals surface area contributed by atoms with Crippen molar-refractivity contribution in [1.29, 1.82) is 0 Å². The predicted octanol–water partition coefficient (Wildman–Crippen LogP) is -1.02. The lowest BCUT2D eigenvalue weighted by Gasteiger charge is -2.28. The molecule has 7 nitrogen and oxygen atoms in total. The van der Waals surface area contributed by atoms with Gasteiger partial charge in [0.2, 0.25) is 0 Å². The van der Waals surface area contributed by atoms with Crippen molar-refractivity contribution in [1.82, 2.24) is 19.7 Å². The number of hydrogen-bond donors (Lipinski definition) is 1. The third-order valence-electron chi connectivity index (χ3n) is 2.76. The van der Waals surface area contributed by atoms with Gasteiger partial charge in [0.1, 0.15) is 18.2 Å². The molecule has 1 aliphatic rings. The quantitative estimate of drug-likeness (QED) is 0.677. The van der Waals surface area contributed by atoms with Gasteiger partial charge in [0.25, 0.3) is 0 Å². The third-order valence-corrected chi connectivity index (χ3v) is 2.76. The summed E-state index contributed by atoms with van der Waals surface area (Å²) in [6.07, 6.45) is 1.72. The molecule has 0 saturated heterocycles. The number of nitrogens with zero attached hydrogens (tertiary/aromatic N) is 4. The number of fused-ring (bicyclic) bond motifs is 1. The van der Waals surface area contributed by atoms with Gasteiger partial charge in [-0.1, -0.05) is 0 Å². The fourth-order valence-corrected chi connectivity index (χ4v) is 1.87. The van der Waals surface area contributed by atoms with Gasteiger partial charge in [-0.3, -0.25) is 9.69 Å². The molecule has 2 N–H and O–H groups in total. The Morgan fingerprint density at radius 3 is 3.24 bits per heavy atom. The Hall–Kier alpha value is -1.47. The van der Waals surface area contributed by atoms with Crippen LogP contribution in [0.15, 0.2) is 6.33 Å². The Morgan fingerprint density at radius 2 is 2.47 bits per heavy atom. The van der Waals surface area contributed by atoms with Crippen LogP contribution in [-0.2, 0) is 22.6 Å². The molecule has 1 atom stereocenters. The highest BCUT2D eigenvalue weighted by Gasteiger charge is 2.22. The summed E-state index contributed by atoms with van der Waals surface area (Å²) >= 11 is 0. The van der Waals surface area contributed by atoms with E-state index in [2.05, 4.69) is 15.1 Å². The van der Waals surface area contributed by atoms with Gasteiger partial charge in [0.05, 0.1) is 13.2 Å². The summed E-state index contributed by atoms with van der Waals surface area (Å²) in [6, 6.07) is -0.593. The van der Waals surface area contributed by atoms with Crippen molar-refractivity contribution in [3.05, 3.63) is 12.2 Å². The molecule has 1 aromatic rings. The van der Waals surface area contributed by atoms with Crippen molar-refractivity contribution in [3.63, 3.8) is 0 Å². The van der Waals surface area contributed by atoms with Gasteiger partial charge in [-0.15, -0.1) is 10.2 Å². The maximum absolute atomic E-state index is 11.4. The maximum atomic E-state index is 11.4. The molecule has 0 fully saturated rings. The number of carbonyl (C=O) groups is 1. The number of ether oxygens (including phenoxy) is 1. The number of carbonyl (C=O) groups excluding carboxylic acids is 1. The van der Waals surface area contributed by atoms with Gasteiger partial charge < -0.3 is 15.0 Å². The SMILES string of the molecule is CCOC(=O)C(N)CN1CCn2cnnc2C1. The first-order valence-corrected chi connectivity index (χ1v) is 5.72. The van der Waals surface area contributed by atoms with Crippen LogP contribution >= 0.6 is 0 Å². The zero-order chi connectivity index (χ0) is 12.3. The number of rotatable bonds is 4. The molecule has 2 heterocycles. The highest BCUT2D eigenvalue weighted by molar-refractivity contribution is 5.75. The second-order valence-electron chi connectivity index (χ2n) is 4.03. The van der Waals surface area contributed by atoms with Crippen LogP contribution < -0.4 is 5.73 Å². The Labute approximate surface area is 99.5 Å². The molecule has 0 aromatic carbocycles. The van der Waals surface area contributed by atoms with Crippen LogP contribution in [0, 0.1) is 0 Å². The molecular formula is C10H17N5O2. The molecule has 1 unspecified atom stereocenters. The van der Waals surface area contributed by atoms with Crippen LogP contribution in [0.3, 0.4) is 0 Å². The van der Waals surface area contributed by atoms with Gasteiger partial charge >= 0.3 is 5.97 Å². The average Bonchev–Trinajstić information content (AvgIpc) is 2.76. The van der Waals surface area contributed by atoms with Gasteiger partial charge in [-0.25, -0.2) is 0 Å². The fraction of sp³-hybridized carbons (Fsp3) is 0.700. The topological polar surface area (TPSA) is 86.3 Å². The molecule has 7 heteroatoms. The van der Waals surface area contributed by atoms with E-state index in [-0.39, 0.29) is 5.97 Å². The van der Waals surface area contributed by atoms with E-state index >= 15 is 0 Å². The zero-order valence-corrected chi connectivity index (χ0v) is 9.87. The summed E-state index contributed by atoms with van der Waals surface area (Å²) in [5, 5.41) is 7.86. The molecule has 2 rings (SSSR count). The van der Waals surface area contributed by atoms with E-state index in [9.17, 15) is 4.79 Å². The molecule has 0 aliphatic carbocycles. The van der Waals surface area contributed by atoms with Crippen LogP contribution in [-0.4, -0.2) is 51.4 Å². The maximum Gasteiger partial charge on any atom is 0.324 e. The highest BCUT2D eigenvalue weighted by atomic mass is 16.5. The first-order valence-electron chi connectivity index (χ1n) is 5.72. The molecule has 1 aromatic heterocycles. The van der Waals surface area contributed by atoms with Crippen LogP contribution in [0.4, 0.5) is 0 Å². The number of esters is 1. The predicted molar refractivity (Wildman–Crippen MR) is 59.9 cm³/mol. The number of nitrogens with two attached hydrogens (primary N) is 1. The minimum Gasteiger partial charge on any atom is -0.465 e. The van der Waals surface area contributed by atoms with Crippen molar-refractivity contribution < 1.29 is 9.53 Å². The first kappa shape index (κ1) is 12.0. The van der Waals surface area contributed by atoms with E-state index in [1.54, 1.807) is 13.3 Å². The smallest absolute Gasteiger partial charge is 0.324 e. The van der Waals surface area contributed by atoms with E-state index < -0.39 is 6.04 Å². The van der Waals surface area contributed by atoms with Crippen molar-refractivity contribution in [2.24, 2.45) is 5.73 Å². The van der Waals surface area contributed by atoms with E-state index in [1.807, 2.05) is 4.57 Å². The normalized spacial score (nSPS) is 17.5. The molecule has 0 amide bonds. The second kappa shape index (κ2) is 5.24. The summed E-state index contributed by atoms with van der Waals surface area (Å²) in [7, 11) is 0. The summed E-state index contributed by atoms with van der Waals surface area (Å²) < 4.78 is 6.88. The lowest BCUT2D eigenvalue weighted by atomic mass is 10.2. The first-order chi connectivity index (χ1) is 8.20. The van der Waals surface area contributed by atoms with Crippen LogP contribution in [0.25, 0.3) is 0 Å². The molecule has 0 spiro atoms. The van der Waals surface area contributed by atoms with Crippen molar-refractivity contribution in [2.45, 2.75) is 26.1 Å². The summed E-state index contributed by atoms with van der Waals surface area (Å²) in [5.41, 5.74) is 5.77. The van der Waals surface area contributed by atoms with Crippen LogP contribution in [0.1, 0.15) is 12.7 Å². The summed E-state index contributed by atoms with van der Waals surface area (Å²) in [4.78, 5) is 13.5. The van der Waals surface area contributed by atoms with Gasteiger partial charge in [-0.05, 0) is 6.92 Å². The van der Waals surface area contributed by atoms with E-state index in [4.69, 9.17) is 10.5 Å². The summed E-state index contributed by atoms with van der Waals surface area (Å²) in [5.74, 6) is 0.562. The van der Waals surface area contributed by atoms with Gasteiger partial charge in [-0.2, -0.15) is 0 Å². The van der Waals surface area contributed by atoms with Crippen LogP contribution in [0.2, 0.25) is 0 Å². The van der Waals surface area contributed by atoms with Crippen LogP contribution in [0.5, 0.6) is 0 Å². The molecule has 17 heavy (non-hydrogen) atoms.